The molecule has 0 aliphatic carbocycles. The Labute approximate surface area is 160 Å². The molecule has 0 spiro atoms. The lowest BCUT2D eigenvalue weighted by Crippen LogP contribution is -2.04. The van der Waals surface area contributed by atoms with E-state index in [0.717, 1.165) is 24.3 Å². The molecule has 2 aromatic heterocycles. The summed E-state index contributed by atoms with van der Waals surface area (Å²) < 4.78 is 70.8. The Morgan fingerprint density at radius 3 is 2.55 bits per heavy atom. The van der Waals surface area contributed by atoms with E-state index < -0.39 is 23.4 Å². The lowest BCUT2D eigenvalue weighted by molar-refractivity contribution is -0.137. The first-order valence-corrected chi connectivity index (χ1v) is 8.21. The summed E-state index contributed by atoms with van der Waals surface area (Å²) in [5, 5.41) is 2.84. The van der Waals surface area contributed by atoms with E-state index in [2.05, 4.69) is 20.3 Å². The lowest BCUT2D eigenvalue weighted by Gasteiger charge is -2.12. The van der Waals surface area contributed by atoms with Crippen molar-refractivity contribution in [1.82, 2.24) is 15.0 Å². The first-order chi connectivity index (χ1) is 13.8. The zero-order valence-electron chi connectivity index (χ0n) is 14.4. The molecular formula is C19H11F5N4O. The molecule has 2 aromatic carbocycles. The number of nitrogens with one attached hydrogen (secondary N) is 2. The lowest BCUT2D eigenvalue weighted by atomic mass is 10.2. The molecule has 0 aliphatic rings. The van der Waals surface area contributed by atoms with Crippen LogP contribution in [-0.4, -0.2) is 15.0 Å². The molecule has 0 atom stereocenters. The quantitative estimate of drug-likeness (QED) is 0.421. The highest BCUT2D eigenvalue weighted by Gasteiger charge is 2.30. The van der Waals surface area contributed by atoms with Crippen molar-refractivity contribution in [2.75, 3.05) is 5.32 Å². The number of hydrogen-bond acceptors (Lipinski definition) is 4. The molecule has 2 N–H and O–H groups in total. The molecule has 0 unspecified atom stereocenters. The van der Waals surface area contributed by atoms with Gasteiger partial charge in [-0.3, -0.25) is 0 Å². The van der Waals surface area contributed by atoms with Gasteiger partial charge in [0.15, 0.2) is 11.6 Å². The molecule has 4 aromatic rings. The molecule has 2 heterocycles. The van der Waals surface area contributed by atoms with Crippen LogP contribution in [-0.2, 0) is 6.18 Å². The van der Waals surface area contributed by atoms with E-state index in [0.29, 0.717) is 0 Å². The summed E-state index contributed by atoms with van der Waals surface area (Å²) in [5.41, 5.74) is -0.127. The SMILES string of the molecule is Fc1cc2nc(Nc3cccnc3Oc3cccc(C(F)(F)F)c3)[nH]c2cc1F. The summed E-state index contributed by atoms with van der Waals surface area (Å²) in [6.07, 6.45) is -3.11. The average molecular weight is 406 g/mol. The van der Waals surface area contributed by atoms with Crippen molar-refractivity contribution in [2.24, 2.45) is 0 Å². The number of imidazole rings is 1. The Morgan fingerprint density at radius 2 is 1.76 bits per heavy atom. The van der Waals surface area contributed by atoms with Crippen molar-refractivity contribution in [3.63, 3.8) is 0 Å². The van der Waals surface area contributed by atoms with E-state index >= 15 is 0 Å². The van der Waals surface area contributed by atoms with Crippen LogP contribution in [0.15, 0.2) is 54.7 Å². The Hall–Kier alpha value is -3.69. The van der Waals surface area contributed by atoms with Crippen LogP contribution in [0, 0.1) is 11.6 Å². The Morgan fingerprint density at radius 1 is 0.966 bits per heavy atom. The van der Waals surface area contributed by atoms with Gasteiger partial charge in [0.05, 0.1) is 16.6 Å². The number of rotatable bonds is 4. The molecule has 0 saturated heterocycles. The van der Waals surface area contributed by atoms with Crippen LogP contribution in [0.5, 0.6) is 11.6 Å². The van der Waals surface area contributed by atoms with Gasteiger partial charge in [0.25, 0.3) is 0 Å². The Kier molecular flexibility index (Phi) is 4.53. The predicted octanol–water partition coefficient (Wildman–Crippen LogP) is 5.79. The Bertz CT molecular complexity index is 1150. The average Bonchev–Trinajstić information content (AvgIpc) is 3.04. The number of fused-ring (bicyclic) bond motifs is 1. The second-order valence-corrected chi connectivity index (χ2v) is 5.98. The van der Waals surface area contributed by atoms with Gasteiger partial charge in [-0.2, -0.15) is 13.2 Å². The summed E-state index contributed by atoms with van der Waals surface area (Å²) in [5.74, 6) is -1.99. The largest absolute Gasteiger partial charge is 0.437 e. The van der Waals surface area contributed by atoms with Crippen LogP contribution in [0.4, 0.5) is 33.6 Å². The van der Waals surface area contributed by atoms with Gasteiger partial charge in [0.2, 0.25) is 11.8 Å². The third-order valence-corrected chi connectivity index (χ3v) is 3.92. The fourth-order valence-electron chi connectivity index (χ4n) is 2.61. The fourth-order valence-corrected chi connectivity index (χ4v) is 2.61. The first-order valence-electron chi connectivity index (χ1n) is 8.21. The zero-order valence-corrected chi connectivity index (χ0v) is 14.4. The summed E-state index contributed by atoms with van der Waals surface area (Å²) in [6, 6.07) is 9.40. The topological polar surface area (TPSA) is 62.8 Å². The number of aromatic amines is 1. The number of alkyl halides is 3. The van der Waals surface area contributed by atoms with Crippen molar-refractivity contribution in [1.29, 1.82) is 0 Å². The molecule has 10 heteroatoms. The monoisotopic (exact) mass is 406 g/mol. The van der Waals surface area contributed by atoms with Crippen LogP contribution < -0.4 is 10.1 Å². The van der Waals surface area contributed by atoms with E-state index in [9.17, 15) is 22.0 Å². The van der Waals surface area contributed by atoms with Crippen LogP contribution in [0.1, 0.15) is 5.56 Å². The maximum absolute atomic E-state index is 13.4. The molecule has 4 rings (SSSR count). The maximum Gasteiger partial charge on any atom is 0.416 e. The standard InChI is InChI=1S/C19H11F5N4O/c20-12-8-15-16(9-13(12)21)28-18(27-15)26-14-5-2-6-25-17(14)29-11-4-1-3-10(7-11)19(22,23)24/h1-9H,(H2,26,27,28). The molecule has 0 radical (unpaired) electrons. The molecule has 0 fully saturated rings. The molecule has 0 amide bonds. The van der Waals surface area contributed by atoms with Gasteiger partial charge in [-0.15, -0.1) is 0 Å². The number of pyridine rings is 1. The first kappa shape index (κ1) is 18.7. The van der Waals surface area contributed by atoms with Gasteiger partial charge < -0.3 is 15.0 Å². The molecular weight excluding hydrogens is 395 g/mol. The summed E-state index contributed by atoms with van der Waals surface area (Å²) in [4.78, 5) is 10.9. The number of H-pyrrole nitrogens is 1. The normalized spacial score (nSPS) is 11.6. The minimum atomic E-state index is -4.51. The summed E-state index contributed by atoms with van der Waals surface area (Å²) in [7, 11) is 0. The van der Waals surface area contributed by atoms with E-state index in [4.69, 9.17) is 4.74 Å². The fraction of sp³-hybridized carbons (Fsp3) is 0.0526. The molecule has 0 bridgehead atoms. The summed E-state index contributed by atoms with van der Waals surface area (Å²) >= 11 is 0. The van der Waals surface area contributed by atoms with Gasteiger partial charge >= 0.3 is 6.18 Å². The number of hydrogen-bond donors (Lipinski definition) is 2. The van der Waals surface area contributed by atoms with Crippen molar-refractivity contribution in [3.8, 4) is 11.6 Å². The predicted molar refractivity (Wildman–Crippen MR) is 95.0 cm³/mol. The van der Waals surface area contributed by atoms with Crippen molar-refractivity contribution in [2.45, 2.75) is 6.18 Å². The van der Waals surface area contributed by atoms with Gasteiger partial charge in [-0.05, 0) is 30.3 Å². The highest BCUT2D eigenvalue weighted by molar-refractivity contribution is 5.79. The van der Waals surface area contributed by atoms with E-state index in [-0.39, 0.29) is 34.3 Å². The third kappa shape index (κ3) is 3.96. The van der Waals surface area contributed by atoms with E-state index in [1.54, 1.807) is 12.1 Å². The van der Waals surface area contributed by atoms with Crippen molar-refractivity contribution in [3.05, 3.63) is 71.9 Å². The second-order valence-electron chi connectivity index (χ2n) is 5.98. The molecule has 148 valence electrons. The van der Waals surface area contributed by atoms with Crippen LogP contribution >= 0.6 is 0 Å². The molecule has 0 saturated carbocycles. The third-order valence-electron chi connectivity index (χ3n) is 3.92. The smallest absolute Gasteiger partial charge is 0.416 e. The van der Waals surface area contributed by atoms with E-state index in [1.165, 1.54) is 18.3 Å². The highest BCUT2D eigenvalue weighted by Crippen LogP contribution is 2.34. The van der Waals surface area contributed by atoms with Gasteiger partial charge in [0.1, 0.15) is 11.4 Å². The van der Waals surface area contributed by atoms with Crippen LogP contribution in [0.2, 0.25) is 0 Å². The molecule has 5 nitrogen and oxygen atoms in total. The molecule has 0 aliphatic heterocycles. The summed E-state index contributed by atoms with van der Waals surface area (Å²) in [6.45, 7) is 0. The number of halogens is 5. The van der Waals surface area contributed by atoms with Gasteiger partial charge in [-0.25, -0.2) is 18.7 Å². The number of ether oxygens (including phenoxy) is 1. The van der Waals surface area contributed by atoms with Crippen LogP contribution in [0.25, 0.3) is 11.0 Å². The van der Waals surface area contributed by atoms with Crippen molar-refractivity contribution < 1.29 is 26.7 Å². The number of aromatic nitrogens is 3. The minimum absolute atomic E-state index is 0.00959. The maximum atomic E-state index is 13.4. The number of benzene rings is 2. The van der Waals surface area contributed by atoms with Gasteiger partial charge in [-0.1, -0.05) is 6.07 Å². The van der Waals surface area contributed by atoms with Gasteiger partial charge in [0, 0.05) is 18.3 Å². The zero-order chi connectivity index (χ0) is 20.6. The minimum Gasteiger partial charge on any atom is -0.437 e. The second kappa shape index (κ2) is 7.04. The Balaban J connectivity index is 1.62. The van der Waals surface area contributed by atoms with Crippen molar-refractivity contribution >= 4 is 22.7 Å². The van der Waals surface area contributed by atoms with Crippen LogP contribution in [0.3, 0.4) is 0 Å². The molecule has 29 heavy (non-hydrogen) atoms. The number of nitrogens with zero attached hydrogens (tertiary/aromatic N) is 2. The highest BCUT2D eigenvalue weighted by atomic mass is 19.4. The number of anilines is 2. The van der Waals surface area contributed by atoms with E-state index in [1.807, 2.05) is 0 Å².